The molecule has 10 heteroatoms. The summed E-state index contributed by atoms with van der Waals surface area (Å²) < 4.78 is 40.9. The van der Waals surface area contributed by atoms with Gasteiger partial charge in [0.2, 0.25) is 0 Å². The molecule has 1 fully saturated rings. The van der Waals surface area contributed by atoms with Gasteiger partial charge >= 0.3 is 6.18 Å². The summed E-state index contributed by atoms with van der Waals surface area (Å²) in [7, 11) is 0. The first-order valence-corrected chi connectivity index (χ1v) is 9.11. The van der Waals surface area contributed by atoms with Crippen LogP contribution in [0.3, 0.4) is 0 Å². The van der Waals surface area contributed by atoms with Crippen LogP contribution in [-0.4, -0.2) is 48.9 Å². The summed E-state index contributed by atoms with van der Waals surface area (Å²) in [5.41, 5.74) is 9.50. The highest BCUT2D eigenvalue weighted by atomic mass is 19.4. The number of amides is 2. The summed E-state index contributed by atoms with van der Waals surface area (Å²) in [6.45, 7) is 1.01. The normalized spacial score (nSPS) is 14.4. The minimum atomic E-state index is -4.68. The number of anilines is 1. The van der Waals surface area contributed by atoms with Crippen molar-refractivity contribution in [2.75, 3.05) is 31.1 Å². The van der Waals surface area contributed by atoms with E-state index in [2.05, 4.69) is 4.99 Å². The first kappa shape index (κ1) is 21.2. The fourth-order valence-electron chi connectivity index (χ4n) is 3.27. The van der Waals surface area contributed by atoms with E-state index < -0.39 is 23.6 Å². The Balaban J connectivity index is 1.80. The second-order valence-electron chi connectivity index (χ2n) is 6.72. The van der Waals surface area contributed by atoms with Gasteiger partial charge < -0.3 is 21.3 Å². The number of hydrogen-bond donors (Lipinski definition) is 2. The number of benzene rings is 2. The topological polar surface area (TPSA) is 105 Å². The number of carbonyl (C=O) groups excluding carboxylic acids is 2. The molecule has 7 nitrogen and oxygen atoms in total. The Kier molecular flexibility index (Phi) is 5.95. The number of rotatable bonds is 3. The lowest BCUT2D eigenvalue weighted by atomic mass is 10.1. The lowest BCUT2D eigenvalue weighted by molar-refractivity contribution is -0.137. The summed E-state index contributed by atoms with van der Waals surface area (Å²) >= 11 is 0. The monoisotopic (exact) mass is 419 g/mol. The van der Waals surface area contributed by atoms with Crippen molar-refractivity contribution >= 4 is 23.5 Å². The van der Waals surface area contributed by atoms with E-state index in [0.717, 1.165) is 6.07 Å². The average molecular weight is 419 g/mol. The molecule has 0 spiro atoms. The molecule has 1 heterocycles. The maximum Gasteiger partial charge on any atom is 0.418 e. The number of nitrogens with two attached hydrogens (primary N) is 2. The molecule has 0 aliphatic carbocycles. The highest BCUT2D eigenvalue weighted by molar-refractivity contribution is 6.02. The van der Waals surface area contributed by atoms with E-state index in [1.54, 1.807) is 40.1 Å². The van der Waals surface area contributed by atoms with Crippen LogP contribution in [0.5, 0.6) is 0 Å². The van der Waals surface area contributed by atoms with Crippen LogP contribution < -0.4 is 16.4 Å². The molecule has 0 saturated carbocycles. The maximum absolute atomic E-state index is 13.6. The molecule has 1 aliphatic heterocycles. The molecule has 1 saturated heterocycles. The van der Waals surface area contributed by atoms with E-state index in [1.807, 2.05) is 0 Å². The van der Waals surface area contributed by atoms with E-state index in [4.69, 9.17) is 11.5 Å². The molecule has 0 atom stereocenters. The standard InChI is InChI=1S/C20H20F3N5O2/c21-20(22,23)15-12-14(17(29)26-19(24)25)6-7-16(15)27-8-10-28(11-9-27)18(30)13-4-2-1-3-5-13/h1-7,12H,8-11H2,(H4,24,25,26,29). The van der Waals surface area contributed by atoms with Gasteiger partial charge in [0.1, 0.15) is 0 Å². The van der Waals surface area contributed by atoms with Gasteiger partial charge in [0.05, 0.1) is 5.56 Å². The van der Waals surface area contributed by atoms with Crippen molar-refractivity contribution in [2.45, 2.75) is 6.18 Å². The highest BCUT2D eigenvalue weighted by Gasteiger charge is 2.36. The first-order chi connectivity index (χ1) is 14.2. The molecule has 2 amide bonds. The molecule has 0 aromatic heterocycles. The van der Waals surface area contributed by atoms with Crippen molar-refractivity contribution in [1.82, 2.24) is 4.90 Å². The number of alkyl halides is 3. The van der Waals surface area contributed by atoms with E-state index in [0.29, 0.717) is 5.56 Å². The minimum Gasteiger partial charge on any atom is -0.370 e. The van der Waals surface area contributed by atoms with Crippen molar-refractivity contribution in [1.29, 1.82) is 0 Å². The average Bonchev–Trinajstić information content (AvgIpc) is 2.72. The Morgan fingerprint density at radius 3 is 2.10 bits per heavy atom. The second-order valence-corrected chi connectivity index (χ2v) is 6.72. The molecule has 0 radical (unpaired) electrons. The van der Waals surface area contributed by atoms with Gasteiger partial charge in [-0.3, -0.25) is 9.59 Å². The summed E-state index contributed by atoms with van der Waals surface area (Å²) in [4.78, 5) is 30.9. The lowest BCUT2D eigenvalue weighted by Gasteiger charge is -2.37. The summed E-state index contributed by atoms with van der Waals surface area (Å²) in [6.07, 6.45) is -4.68. The van der Waals surface area contributed by atoms with Crippen LogP contribution in [0.25, 0.3) is 0 Å². The van der Waals surface area contributed by atoms with Gasteiger partial charge in [-0.15, -0.1) is 0 Å². The number of piperazine rings is 1. The largest absolute Gasteiger partial charge is 0.418 e. The number of guanidine groups is 1. The molecule has 30 heavy (non-hydrogen) atoms. The number of halogens is 3. The minimum absolute atomic E-state index is 0.0597. The van der Waals surface area contributed by atoms with Crippen molar-refractivity contribution < 1.29 is 22.8 Å². The predicted octanol–water partition coefficient (Wildman–Crippen LogP) is 2.08. The Morgan fingerprint density at radius 2 is 1.53 bits per heavy atom. The van der Waals surface area contributed by atoms with Crippen LogP contribution in [0.15, 0.2) is 53.5 Å². The quantitative estimate of drug-likeness (QED) is 0.586. The van der Waals surface area contributed by atoms with E-state index in [9.17, 15) is 22.8 Å². The molecular formula is C20H20F3N5O2. The molecule has 0 unspecified atom stereocenters. The fraction of sp³-hybridized carbons (Fsp3) is 0.250. The van der Waals surface area contributed by atoms with Gasteiger partial charge in [0, 0.05) is 43.0 Å². The van der Waals surface area contributed by atoms with Crippen molar-refractivity contribution in [2.24, 2.45) is 16.5 Å². The van der Waals surface area contributed by atoms with Gasteiger partial charge in [-0.1, -0.05) is 18.2 Å². The molecule has 158 valence electrons. The predicted molar refractivity (Wildman–Crippen MR) is 106 cm³/mol. The van der Waals surface area contributed by atoms with Crippen molar-refractivity contribution in [3.63, 3.8) is 0 Å². The van der Waals surface area contributed by atoms with Crippen LogP contribution in [0.1, 0.15) is 26.3 Å². The van der Waals surface area contributed by atoms with Gasteiger partial charge in [0.25, 0.3) is 11.8 Å². The SMILES string of the molecule is NC(N)=NC(=O)c1ccc(N2CCN(C(=O)c3ccccc3)CC2)c(C(F)(F)F)c1. The molecule has 2 aromatic carbocycles. The molecule has 3 rings (SSSR count). The van der Waals surface area contributed by atoms with Gasteiger partial charge in [0.15, 0.2) is 5.96 Å². The Hall–Kier alpha value is -3.56. The molecule has 4 N–H and O–H groups in total. The van der Waals surface area contributed by atoms with Gasteiger partial charge in [-0.2, -0.15) is 18.2 Å². The van der Waals surface area contributed by atoms with E-state index in [1.165, 1.54) is 12.1 Å². The van der Waals surface area contributed by atoms with Gasteiger partial charge in [-0.05, 0) is 30.3 Å². The third-order valence-electron chi connectivity index (χ3n) is 4.71. The molecule has 1 aliphatic rings. The lowest BCUT2D eigenvalue weighted by Crippen LogP contribution is -2.49. The summed E-state index contributed by atoms with van der Waals surface area (Å²) in [5, 5.41) is 0. The Morgan fingerprint density at radius 1 is 0.900 bits per heavy atom. The second kappa shape index (κ2) is 8.44. The third kappa shape index (κ3) is 4.70. The van der Waals surface area contributed by atoms with E-state index in [-0.39, 0.29) is 43.3 Å². The number of nitrogens with zero attached hydrogens (tertiary/aromatic N) is 3. The highest BCUT2D eigenvalue weighted by Crippen LogP contribution is 2.37. The van der Waals surface area contributed by atoms with Crippen molar-refractivity contribution in [3.05, 3.63) is 65.2 Å². The molecule has 2 aromatic rings. The Labute approximate surface area is 170 Å². The van der Waals surface area contributed by atoms with Crippen LogP contribution >= 0.6 is 0 Å². The number of hydrogen-bond acceptors (Lipinski definition) is 3. The van der Waals surface area contributed by atoms with Crippen molar-refractivity contribution in [3.8, 4) is 0 Å². The number of aliphatic imine (C=N–C) groups is 1. The Bertz CT molecular complexity index is 964. The smallest absolute Gasteiger partial charge is 0.370 e. The molecular weight excluding hydrogens is 399 g/mol. The zero-order chi connectivity index (χ0) is 21.9. The van der Waals surface area contributed by atoms with Crippen LogP contribution in [0.4, 0.5) is 18.9 Å². The molecule has 0 bridgehead atoms. The van der Waals surface area contributed by atoms with E-state index >= 15 is 0 Å². The maximum atomic E-state index is 13.6. The summed E-state index contributed by atoms with van der Waals surface area (Å²) in [6, 6.07) is 11.9. The van der Waals surface area contributed by atoms with Crippen LogP contribution in [0.2, 0.25) is 0 Å². The van der Waals surface area contributed by atoms with Crippen LogP contribution in [-0.2, 0) is 6.18 Å². The third-order valence-corrected chi connectivity index (χ3v) is 4.71. The summed E-state index contributed by atoms with van der Waals surface area (Å²) in [5.74, 6) is -1.65. The first-order valence-electron chi connectivity index (χ1n) is 9.11. The van der Waals surface area contributed by atoms with Gasteiger partial charge in [-0.25, -0.2) is 0 Å². The van der Waals surface area contributed by atoms with Crippen LogP contribution in [0, 0.1) is 0 Å². The number of carbonyl (C=O) groups is 2. The zero-order valence-corrected chi connectivity index (χ0v) is 15.9. The fourth-order valence-corrected chi connectivity index (χ4v) is 3.27. The zero-order valence-electron chi connectivity index (χ0n) is 15.9.